The molecular weight excluding hydrogens is 308 g/mol. The summed E-state index contributed by atoms with van der Waals surface area (Å²) in [7, 11) is 0. The molecule has 1 aromatic heterocycles. The molecule has 0 saturated carbocycles. The van der Waals surface area contributed by atoms with Crippen molar-refractivity contribution >= 4 is 17.5 Å². The molecule has 25 heavy (non-hydrogen) atoms. The van der Waals surface area contributed by atoms with E-state index in [2.05, 4.69) is 76.9 Å². The van der Waals surface area contributed by atoms with Crippen LogP contribution in [0.4, 0.5) is 17.5 Å². The first-order valence-electron chi connectivity index (χ1n) is 8.64. The van der Waals surface area contributed by atoms with Crippen LogP contribution in [0.5, 0.6) is 0 Å². The molecule has 0 unspecified atom stereocenters. The molecule has 2 aromatic carbocycles. The van der Waals surface area contributed by atoms with Gasteiger partial charge in [-0.1, -0.05) is 49.4 Å². The van der Waals surface area contributed by atoms with Crippen LogP contribution in [-0.2, 0) is 13.0 Å². The maximum atomic E-state index is 4.62. The monoisotopic (exact) mass is 332 g/mol. The van der Waals surface area contributed by atoms with Crippen molar-refractivity contribution in [2.45, 2.75) is 33.7 Å². The van der Waals surface area contributed by atoms with E-state index < -0.39 is 0 Å². The largest absolute Gasteiger partial charge is 0.366 e. The highest BCUT2D eigenvalue weighted by molar-refractivity contribution is 5.59. The molecule has 1 heterocycles. The second-order valence-corrected chi connectivity index (χ2v) is 6.13. The van der Waals surface area contributed by atoms with Crippen LogP contribution in [0.2, 0.25) is 0 Å². The van der Waals surface area contributed by atoms with Gasteiger partial charge in [0, 0.05) is 24.0 Å². The van der Waals surface area contributed by atoms with Crippen molar-refractivity contribution in [3.63, 3.8) is 0 Å². The molecule has 0 aliphatic carbocycles. The van der Waals surface area contributed by atoms with Crippen LogP contribution in [0.3, 0.4) is 0 Å². The Labute approximate surface area is 149 Å². The van der Waals surface area contributed by atoms with Crippen LogP contribution in [-0.4, -0.2) is 9.97 Å². The summed E-state index contributed by atoms with van der Waals surface area (Å²) in [6.45, 7) is 7.00. The van der Waals surface area contributed by atoms with Crippen LogP contribution in [0.15, 0.2) is 54.6 Å². The zero-order valence-corrected chi connectivity index (χ0v) is 15.0. The van der Waals surface area contributed by atoms with Crippen molar-refractivity contribution in [3.05, 3.63) is 77.0 Å². The van der Waals surface area contributed by atoms with E-state index in [1.807, 2.05) is 19.1 Å². The summed E-state index contributed by atoms with van der Waals surface area (Å²) < 4.78 is 0. The summed E-state index contributed by atoms with van der Waals surface area (Å²) in [4.78, 5) is 9.13. The number of nitrogens with one attached hydrogen (secondary N) is 2. The van der Waals surface area contributed by atoms with Gasteiger partial charge in [-0.3, -0.25) is 0 Å². The Bertz CT molecular complexity index is 858. The Morgan fingerprint density at radius 3 is 2.36 bits per heavy atom. The Morgan fingerprint density at radius 2 is 1.60 bits per heavy atom. The molecule has 0 atom stereocenters. The molecule has 0 aliphatic heterocycles. The van der Waals surface area contributed by atoms with Crippen LogP contribution in [0, 0.1) is 13.8 Å². The minimum atomic E-state index is 0.619. The molecule has 0 fully saturated rings. The highest BCUT2D eigenvalue weighted by Gasteiger charge is 2.06. The number of hydrogen-bond acceptors (Lipinski definition) is 4. The fraction of sp³-hybridized carbons (Fsp3) is 0.238. The Balaban J connectivity index is 1.77. The molecule has 3 rings (SSSR count). The lowest BCUT2D eigenvalue weighted by molar-refractivity contribution is 1.05. The topological polar surface area (TPSA) is 49.8 Å². The fourth-order valence-corrected chi connectivity index (χ4v) is 2.78. The second-order valence-electron chi connectivity index (χ2n) is 6.13. The van der Waals surface area contributed by atoms with Gasteiger partial charge in [-0.25, -0.2) is 4.98 Å². The van der Waals surface area contributed by atoms with Crippen molar-refractivity contribution in [1.82, 2.24) is 9.97 Å². The molecule has 4 nitrogen and oxygen atoms in total. The van der Waals surface area contributed by atoms with Crippen molar-refractivity contribution in [2.75, 3.05) is 10.6 Å². The van der Waals surface area contributed by atoms with Gasteiger partial charge in [-0.2, -0.15) is 4.98 Å². The van der Waals surface area contributed by atoms with Gasteiger partial charge in [-0.05, 0) is 43.0 Å². The maximum Gasteiger partial charge on any atom is 0.229 e. The van der Waals surface area contributed by atoms with Gasteiger partial charge in [0.1, 0.15) is 5.82 Å². The summed E-state index contributed by atoms with van der Waals surface area (Å²) >= 11 is 0. The quantitative estimate of drug-likeness (QED) is 0.666. The molecule has 0 aliphatic rings. The highest BCUT2D eigenvalue weighted by Crippen LogP contribution is 2.20. The Kier molecular flexibility index (Phi) is 5.29. The van der Waals surface area contributed by atoms with Gasteiger partial charge in [0.05, 0.1) is 0 Å². The average molecular weight is 332 g/mol. The number of para-hydroxylation sites is 1. The summed E-state index contributed by atoms with van der Waals surface area (Å²) in [5, 5.41) is 6.76. The highest BCUT2D eigenvalue weighted by atomic mass is 15.1. The Hall–Kier alpha value is -2.88. The minimum Gasteiger partial charge on any atom is -0.366 e. The first kappa shape index (κ1) is 17.0. The zero-order chi connectivity index (χ0) is 17.6. The lowest BCUT2D eigenvalue weighted by atomic mass is 10.1. The normalized spacial score (nSPS) is 10.5. The smallest absolute Gasteiger partial charge is 0.229 e. The second kappa shape index (κ2) is 7.79. The van der Waals surface area contributed by atoms with Crippen molar-refractivity contribution in [2.24, 2.45) is 0 Å². The summed E-state index contributed by atoms with van der Waals surface area (Å²) in [5.74, 6) is 1.44. The average Bonchev–Trinajstić information content (AvgIpc) is 2.61. The van der Waals surface area contributed by atoms with Crippen LogP contribution >= 0.6 is 0 Å². The SMILES string of the molecule is CCc1ccccc1Nc1nc(C)cc(NCc2ccccc2C)n1. The summed E-state index contributed by atoms with van der Waals surface area (Å²) in [6, 6.07) is 18.6. The third-order valence-electron chi connectivity index (χ3n) is 4.22. The zero-order valence-electron chi connectivity index (χ0n) is 15.0. The lowest BCUT2D eigenvalue weighted by Gasteiger charge is -2.13. The first-order chi connectivity index (χ1) is 12.2. The molecule has 0 radical (unpaired) electrons. The molecule has 4 heteroatoms. The van der Waals surface area contributed by atoms with E-state index in [9.17, 15) is 0 Å². The number of nitrogens with zero attached hydrogens (tertiary/aromatic N) is 2. The third-order valence-corrected chi connectivity index (χ3v) is 4.22. The van der Waals surface area contributed by atoms with E-state index in [0.29, 0.717) is 5.95 Å². The third kappa shape index (κ3) is 4.35. The predicted molar refractivity (Wildman–Crippen MR) is 104 cm³/mol. The molecule has 2 N–H and O–H groups in total. The van der Waals surface area contributed by atoms with Gasteiger partial charge in [0.25, 0.3) is 0 Å². The molecule has 128 valence electrons. The summed E-state index contributed by atoms with van der Waals surface area (Å²) in [6.07, 6.45) is 0.966. The van der Waals surface area contributed by atoms with Gasteiger partial charge < -0.3 is 10.6 Å². The fourth-order valence-electron chi connectivity index (χ4n) is 2.78. The van der Waals surface area contributed by atoms with E-state index in [-0.39, 0.29) is 0 Å². The number of rotatable bonds is 6. The number of hydrogen-bond donors (Lipinski definition) is 2. The lowest BCUT2D eigenvalue weighted by Crippen LogP contribution is -2.07. The number of anilines is 3. The molecule has 0 spiro atoms. The van der Waals surface area contributed by atoms with E-state index in [0.717, 1.165) is 30.2 Å². The van der Waals surface area contributed by atoms with Gasteiger partial charge in [0.15, 0.2) is 0 Å². The predicted octanol–water partition coefficient (Wildman–Crippen LogP) is 5.01. The van der Waals surface area contributed by atoms with E-state index in [1.54, 1.807) is 0 Å². The van der Waals surface area contributed by atoms with Crippen LogP contribution < -0.4 is 10.6 Å². The van der Waals surface area contributed by atoms with Crippen molar-refractivity contribution in [1.29, 1.82) is 0 Å². The molecule has 0 bridgehead atoms. The van der Waals surface area contributed by atoms with Crippen LogP contribution in [0.1, 0.15) is 29.3 Å². The van der Waals surface area contributed by atoms with E-state index in [4.69, 9.17) is 0 Å². The van der Waals surface area contributed by atoms with Gasteiger partial charge in [0.2, 0.25) is 5.95 Å². The summed E-state index contributed by atoms with van der Waals surface area (Å²) in [5.41, 5.74) is 5.78. The van der Waals surface area contributed by atoms with Crippen molar-refractivity contribution < 1.29 is 0 Å². The van der Waals surface area contributed by atoms with Gasteiger partial charge >= 0.3 is 0 Å². The number of aryl methyl sites for hydroxylation is 3. The van der Waals surface area contributed by atoms with E-state index in [1.165, 1.54) is 16.7 Å². The Morgan fingerprint density at radius 1 is 0.880 bits per heavy atom. The van der Waals surface area contributed by atoms with E-state index >= 15 is 0 Å². The molecule has 0 amide bonds. The molecular formula is C21H24N4. The first-order valence-corrected chi connectivity index (χ1v) is 8.64. The minimum absolute atomic E-state index is 0.619. The standard InChI is InChI=1S/C21H24N4/c1-4-17-10-7-8-12-19(17)24-21-23-16(3)13-20(25-21)22-14-18-11-6-5-9-15(18)2/h5-13H,4,14H2,1-3H3,(H2,22,23,24,25). The maximum absolute atomic E-state index is 4.62. The van der Waals surface area contributed by atoms with Crippen molar-refractivity contribution in [3.8, 4) is 0 Å². The molecule has 3 aromatic rings. The number of benzene rings is 2. The van der Waals surface area contributed by atoms with Crippen LogP contribution in [0.25, 0.3) is 0 Å². The molecule has 0 saturated heterocycles. The number of aromatic nitrogens is 2. The van der Waals surface area contributed by atoms with Gasteiger partial charge in [-0.15, -0.1) is 0 Å².